The van der Waals surface area contributed by atoms with Gasteiger partial charge in [0.1, 0.15) is 0 Å². The van der Waals surface area contributed by atoms with Crippen molar-refractivity contribution < 1.29 is 0 Å². The Labute approximate surface area is 270 Å². The lowest BCUT2D eigenvalue weighted by Crippen LogP contribution is -2.28. The van der Waals surface area contributed by atoms with E-state index in [0.29, 0.717) is 0 Å². The van der Waals surface area contributed by atoms with Crippen LogP contribution >= 0.6 is 0 Å². The van der Waals surface area contributed by atoms with E-state index in [4.69, 9.17) is 0 Å². The number of unbranched alkanes of at least 4 members (excludes halogenated alkanes) is 8. The van der Waals surface area contributed by atoms with Crippen molar-refractivity contribution in [2.24, 2.45) is 0 Å². The first-order valence-electron chi connectivity index (χ1n) is 17.8. The van der Waals surface area contributed by atoms with Crippen molar-refractivity contribution in [1.82, 2.24) is 9.80 Å². The van der Waals surface area contributed by atoms with Gasteiger partial charge in [-0.05, 0) is 49.0 Å². The van der Waals surface area contributed by atoms with Crippen LogP contribution in [-0.4, -0.2) is 36.0 Å². The Balaban J connectivity index is 2.21. The molecule has 0 aliphatic rings. The molecular formula is C42H60N2. The van der Waals surface area contributed by atoms with Crippen molar-refractivity contribution >= 4 is 23.5 Å². The van der Waals surface area contributed by atoms with Crippen LogP contribution in [0.1, 0.15) is 127 Å². The molecule has 238 valence electrons. The van der Waals surface area contributed by atoms with Gasteiger partial charge in [0.25, 0.3) is 0 Å². The fourth-order valence-electron chi connectivity index (χ4n) is 5.94. The van der Waals surface area contributed by atoms with E-state index in [1.807, 2.05) is 0 Å². The zero-order chi connectivity index (χ0) is 31.2. The Morgan fingerprint density at radius 3 is 1.00 bits per heavy atom. The van der Waals surface area contributed by atoms with E-state index in [2.05, 4.69) is 135 Å². The van der Waals surface area contributed by atoms with Crippen LogP contribution < -0.4 is 0 Å². The third-order valence-electron chi connectivity index (χ3n) is 8.49. The largest absolute Gasteiger partial charge is 0.371 e. The van der Waals surface area contributed by atoms with Crippen molar-refractivity contribution in [2.45, 2.75) is 105 Å². The SMILES string of the molecule is CCCCCN(CCCCC)C(=Cc1ccccc1)c1ccccc1C(=Cc1ccccc1)N(CCCCC)CCCCC. The maximum absolute atomic E-state index is 2.70. The van der Waals surface area contributed by atoms with Gasteiger partial charge in [-0.15, -0.1) is 0 Å². The molecule has 0 fully saturated rings. The predicted molar refractivity (Wildman–Crippen MR) is 196 cm³/mol. The maximum Gasteiger partial charge on any atom is 0.0452 e. The molecule has 0 saturated carbocycles. The maximum atomic E-state index is 2.70. The number of hydrogen-bond acceptors (Lipinski definition) is 2. The van der Waals surface area contributed by atoms with Crippen LogP contribution in [0.2, 0.25) is 0 Å². The van der Waals surface area contributed by atoms with Crippen LogP contribution in [-0.2, 0) is 0 Å². The first-order valence-corrected chi connectivity index (χ1v) is 17.8. The average molecular weight is 593 g/mol. The molecule has 3 rings (SSSR count). The minimum absolute atomic E-state index is 1.10. The van der Waals surface area contributed by atoms with Gasteiger partial charge in [0.15, 0.2) is 0 Å². The molecule has 0 aromatic heterocycles. The van der Waals surface area contributed by atoms with Crippen molar-refractivity contribution in [3.63, 3.8) is 0 Å². The molecule has 44 heavy (non-hydrogen) atoms. The lowest BCUT2D eigenvalue weighted by Gasteiger charge is -2.33. The van der Waals surface area contributed by atoms with Gasteiger partial charge < -0.3 is 9.80 Å². The zero-order valence-electron chi connectivity index (χ0n) is 28.4. The highest BCUT2D eigenvalue weighted by atomic mass is 15.1. The standard InChI is InChI=1S/C42H60N2/c1-5-9-21-31-43(32-22-10-6-2)41(35-37-25-15-13-16-26-37)39-29-19-20-30-40(39)42(36-38-27-17-14-18-28-38)44(33-23-11-7-3)34-24-12-8-4/h13-20,25-30,35-36H,5-12,21-24,31-34H2,1-4H3. The van der Waals surface area contributed by atoms with E-state index >= 15 is 0 Å². The molecule has 0 atom stereocenters. The van der Waals surface area contributed by atoms with Crippen LogP contribution in [0.25, 0.3) is 23.5 Å². The molecule has 0 unspecified atom stereocenters. The van der Waals surface area contributed by atoms with Gasteiger partial charge in [0.05, 0.1) is 0 Å². The summed E-state index contributed by atoms with van der Waals surface area (Å²) >= 11 is 0. The highest BCUT2D eigenvalue weighted by Gasteiger charge is 2.20. The first kappa shape index (κ1) is 35.2. The van der Waals surface area contributed by atoms with Crippen LogP contribution in [0.5, 0.6) is 0 Å². The van der Waals surface area contributed by atoms with Crippen LogP contribution in [0, 0.1) is 0 Å². The summed E-state index contributed by atoms with van der Waals surface area (Å²) < 4.78 is 0. The highest BCUT2D eigenvalue weighted by Crippen LogP contribution is 2.34. The van der Waals surface area contributed by atoms with Gasteiger partial charge >= 0.3 is 0 Å². The van der Waals surface area contributed by atoms with Crippen molar-refractivity contribution in [1.29, 1.82) is 0 Å². The second-order valence-electron chi connectivity index (χ2n) is 12.2. The summed E-state index contributed by atoms with van der Waals surface area (Å²) in [5, 5.41) is 0. The second-order valence-corrected chi connectivity index (χ2v) is 12.2. The molecule has 0 radical (unpaired) electrons. The molecule has 0 N–H and O–H groups in total. The predicted octanol–water partition coefficient (Wildman–Crippen LogP) is 12.0. The summed E-state index contributed by atoms with van der Waals surface area (Å²) in [7, 11) is 0. The van der Waals surface area contributed by atoms with E-state index < -0.39 is 0 Å². The normalized spacial score (nSPS) is 12.0. The quantitative estimate of drug-likeness (QED) is 0.0845. The number of nitrogens with zero attached hydrogens (tertiary/aromatic N) is 2. The first-order chi connectivity index (χ1) is 21.7. The number of rotatable bonds is 22. The van der Waals surface area contributed by atoms with Crippen LogP contribution in [0.3, 0.4) is 0 Å². The molecule has 3 aromatic rings. The number of benzene rings is 3. The zero-order valence-corrected chi connectivity index (χ0v) is 28.4. The molecule has 2 heteroatoms. The van der Waals surface area contributed by atoms with E-state index in [9.17, 15) is 0 Å². The lowest BCUT2D eigenvalue weighted by atomic mass is 9.96. The topological polar surface area (TPSA) is 6.48 Å². The summed E-state index contributed by atoms with van der Waals surface area (Å²) in [5.74, 6) is 0. The minimum atomic E-state index is 1.10. The fraction of sp³-hybridized carbons (Fsp3) is 0.476. The van der Waals surface area contributed by atoms with Crippen molar-refractivity contribution in [3.05, 3.63) is 107 Å². The molecule has 2 nitrogen and oxygen atoms in total. The van der Waals surface area contributed by atoms with Gasteiger partial charge in [-0.3, -0.25) is 0 Å². The Morgan fingerprint density at radius 2 is 0.705 bits per heavy atom. The van der Waals surface area contributed by atoms with E-state index in [-0.39, 0.29) is 0 Å². The van der Waals surface area contributed by atoms with E-state index in [0.717, 1.165) is 26.2 Å². The highest BCUT2D eigenvalue weighted by molar-refractivity contribution is 5.90. The average Bonchev–Trinajstić information content (AvgIpc) is 3.06. The molecule has 0 saturated heterocycles. The summed E-state index contributed by atoms with van der Waals surface area (Å²) in [5.41, 5.74) is 7.96. The van der Waals surface area contributed by atoms with Crippen molar-refractivity contribution in [2.75, 3.05) is 26.2 Å². The Kier molecular flexibility index (Phi) is 17.2. The lowest BCUT2D eigenvalue weighted by molar-refractivity contribution is 0.369. The molecule has 3 aromatic carbocycles. The van der Waals surface area contributed by atoms with E-state index in [1.165, 1.54) is 111 Å². The van der Waals surface area contributed by atoms with Gasteiger partial charge in [-0.25, -0.2) is 0 Å². The minimum Gasteiger partial charge on any atom is -0.371 e. The van der Waals surface area contributed by atoms with Crippen molar-refractivity contribution in [3.8, 4) is 0 Å². The fourth-order valence-corrected chi connectivity index (χ4v) is 5.94. The van der Waals surface area contributed by atoms with Gasteiger partial charge in [0, 0.05) is 48.7 Å². The third-order valence-corrected chi connectivity index (χ3v) is 8.49. The second kappa shape index (κ2) is 21.4. The van der Waals surface area contributed by atoms with Gasteiger partial charge in [-0.2, -0.15) is 0 Å². The van der Waals surface area contributed by atoms with Crippen LogP contribution in [0.4, 0.5) is 0 Å². The smallest absolute Gasteiger partial charge is 0.0452 e. The monoisotopic (exact) mass is 592 g/mol. The molecular weight excluding hydrogens is 532 g/mol. The Hall–Kier alpha value is -3.26. The Bertz CT molecular complexity index is 1090. The molecule has 0 aliphatic heterocycles. The molecule has 0 heterocycles. The summed E-state index contributed by atoms with van der Waals surface area (Å²) in [6, 6.07) is 31.2. The summed E-state index contributed by atoms with van der Waals surface area (Å²) in [4.78, 5) is 5.41. The molecule has 0 spiro atoms. The van der Waals surface area contributed by atoms with Crippen LogP contribution in [0.15, 0.2) is 84.9 Å². The number of hydrogen-bond donors (Lipinski definition) is 0. The molecule has 0 amide bonds. The van der Waals surface area contributed by atoms with Gasteiger partial charge in [0.2, 0.25) is 0 Å². The van der Waals surface area contributed by atoms with Gasteiger partial charge in [-0.1, -0.05) is 164 Å². The third kappa shape index (κ3) is 12.0. The summed E-state index contributed by atoms with van der Waals surface area (Å²) in [6.07, 6.45) is 19.9. The van der Waals surface area contributed by atoms with E-state index in [1.54, 1.807) is 0 Å². The Morgan fingerprint density at radius 1 is 0.409 bits per heavy atom. The molecule has 0 bridgehead atoms. The summed E-state index contributed by atoms with van der Waals surface area (Å²) in [6.45, 7) is 13.6. The molecule has 0 aliphatic carbocycles.